The highest BCUT2D eigenvalue weighted by Gasteiger charge is 2.03. The summed E-state index contributed by atoms with van der Waals surface area (Å²) < 4.78 is 1.72. The Bertz CT molecular complexity index is 632. The van der Waals surface area contributed by atoms with E-state index in [0.717, 1.165) is 29.9 Å². The van der Waals surface area contributed by atoms with Crippen molar-refractivity contribution in [3.05, 3.63) is 57.8 Å². The molecule has 0 amide bonds. The SMILES string of the molecule is Cc1cc(C)n(CCCc2cccc(N)c2)c(=O)n1. The van der Waals surface area contributed by atoms with Crippen molar-refractivity contribution in [3.8, 4) is 0 Å². The van der Waals surface area contributed by atoms with E-state index in [4.69, 9.17) is 5.73 Å². The summed E-state index contributed by atoms with van der Waals surface area (Å²) in [4.78, 5) is 15.8. The summed E-state index contributed by atoms with van der Waals surface area (Å²) in [5, 5.41) is 0. The average molecular weight is 257 g/mol. The van der Waals surface area contributed by atoms with Crippen LogP contribution in [-0.4, -0.2) is 9.55 Å². The summed E-state index contributed by atoms with van der Waals surface area (Å²) in [6, 6.07) is 9.79. The number of rotatable bonds is 4. The standard InChI is InChI=1S/C15H19N3O/c1-11-9-12(2)18(15(19)17-11)8-4-6-13-5-3-7-14(16)10-13/h3,5,7,9-10H,4,6,8,16H2,1-2H3. The summed E-state index contributed by atoms with van der Waals surface area (Å²) in [5.41, 5.74) is 9.30. The Labute approximate surface area is 112 Å². The number of nitrogens with two attached hydrogens (primary N) is 1. The molecule has 0 saturated heterocycles. The maximum absolute atomic E-state index is 11.8. The van der Waals surface area contributed by atoms with Gasteiger partial charge in [-0.15, -0.1) is 0 Å². The molecule has 0 saturated carbocycles. The fourth-order valence-corrected chi connectivity index (χ4v) is 2.24. The third kappa shape index (κ3) is 3.44. The molecule has 0 radical (unpaired) electrons. The van der Waals surface area contributed by atoms with Crippen molar-refractivity contribution in [1.29, 1.82) is 0 Å². The number of anilines is 1. The van der Waals surface area contributed by atoms with Gasteiger partial charge in [-0.2, -0.15) is 4.98 Å². The van der Waals surface area contributed by atoms with E-state index >= 15 is 0 Å². The number of aromatic nitrogens is 2. The normalized spacial score (nSPS) is 10.6. The Morgan fingerprint density at radius 2 is 2.05 bits per heavy atom. The first-order chi connectivity index (χ1) is 9.06. The zero-order valence-electron chi connectivity index (χ0n) is 11.4. The van der Waals surface area contributed by atoms with Gasteiger partial charge < -0.3 is 5.73 Å². The maximum atomic E-state index is 11.8. The summed E-state index contributed by atoms with van der Waals surface area (Å²) in [7, 11) is 0. The van der Waals surface area contributed by atoms with Gasteiger partial charge in [0, 0.05) is 23.6 Å². The Balaban J connectivity index is 2.02. The molecule has 1 heterocycles. The number of hydrogen-bond acceptors (Lipinski definition) is 3. The molecule has 2 N–H and O–H groups in total. The number of aryl methyl sites for hydroxylation is 3. The number of hydrogen-bond donors (Lipinski definition) is 1. The van der Waals surface area contributed by atoms with E-state index in [9.17, 15) is 4.79 Å². The van der Waals surface area contributed by atoms with Crippen LogP contribution in [-0.2, 0) is 13.0 Å². The van der Waals surface area contributed by atoms with Crippen LogP contribution in [0, 0.1) is 13.8 Å². The fourth-order valence-electron chi connectivity index (χ4n) is 2.24. The van der Waals surface area contributed by atoms with Crippen molar-refractivity contribution in [3.63, 3.8) is 0 Å². The second kappa shape index (κ2) is 5.69. The summed E-state index contributed by atoms with van der Waals surface area (Å²) in [6.07, 6.45) is 1.81. The molecule has 0 unspecified atom stereocenters. The van der Waals surface area contributed by atoms with Gasteiger partial charge in [0.1, 0.15) is 0 Å². The molecular formula is C15H19N3O. The van der Waals surface area contributed by atoms with E-state index in [1.165, 1.54) is 5.56 Å². The first kappa shape index (κ1) is 13.3. The molecule has 0 aliphatic carbocycles. The van der Waals surface area contributed by atoms with Crippen molar-refractivity contribution in [2.24, 2.45) is 0 Å². The lowest BCUT2D eigenvalue weighted by Crippen LogP contribution is -2.25. The lowest BCUT2D eigenvalue weighted by atomic mass is 10.1. The van der Waals surface area contributed by atoms with Crippen LogP contribution in [0.15, 0.2) is 35.1 Å². The minimum Gasteiger partial charge on any atom is -0.399 e. The van der Waals surface area contributed by atoms with Crippen molar-refractivity contribution in [2.75, 3.05) is 5.73 Å². The Hall–Kier alpha value is -2.10. The van der Waals surface area contributed by atoms with Crippen molar-refractivity contribution in [2.45, 2.75) is 33.2 Å². The molecule has 0 bridgehead atoms. The van der Waals surface area contributed by atoms with Gasteiger partial charge in [0.25, 0.3) is 0 Å². The van der Waals surface area contributed by atoms with Crippen LogP contribution in [0.4, 0.5) is 5.69 Å². The highest BCUT2D eigenvalue weighted by atomic mass is 16.1. The van der Waals surface area contributed by atoms with Gasteiger partial charge in [-0.1, -0.05) is 12.1 Å². The van der Waals surface area contributed by atoms with Gasteiger partial charge in [0.05, 0.1) is 0 Å². The summed E-state index contributed by atoms with van der Waals surface area (Å²) >= 11 is 0. The number of benzene rings is 1. The molecule has 0 aliphatic heterocycles. The Morgan fingerprint density at radius 3 is 2.74 bits per heavy atom. The molecule has 4 nitrogen and oxygen atoms in total. The number of nitrogen functional groups attached to an aromatic ring is 1. The zero-order valence-corrected chi connectivity index (χ0v) is 11.4. The zero-order chi connectivity index (χ0) is 13.8. The van der Waals surface area contributed by atoms with Gasteiger partial charge >= 0.3 is 5.69 Å². The molecule has 2 rings (SSSR count). The van der Waals surface area contributed by atoms with E-state index in [1.807, 2.05) is 38.1 Å². The quantitative estimate of drug-likeness (QED) is 0.853. The Morgan fingerprint density at radius 1 is 1.26 bits per heavy atom. The third-order valence-corrected chi connectivity index (χ3v) is 3.14. The van der Waals surface area contributed by atoms with Gasteiger partial charge in [0.15, 0.2) is 0 Å². The molecule has 0 spiro atoms. The molecule has 19 heavy (non-hydrogen) atoms. The van der Waals surface area contributed by atoms with Crippen LogP contribution in [0.2, 0.25) is 0 Å². The topological polar surface area (TPSA) is 60.9 Å². The summed E-state index contributed by atoms with van der Waals surface area (Å²) in [5.74, 6) is 0. The van der Waals surface area contributed by atoms with E-state index in [1.54, 1.807) is 4.57 Å². The van der Waals surface area contributed by atoms with Crippen molar-refractivity contribution >= 4 is 5.69 Å². The van der Waals surface area contributed by atoms with E-state index in [0.29, 0.717) is 6.54 Å². The monoisotopic (exact) mass is 257 g/mol. The van der Waals surface area contributed by atoms with Crippen molar-refractivity contribution in [1.82, 2.24) is 9.55 Å². The molecule has 0 fully saturated rings. The lowest BCUT2D eigenvalue weighted by Gasteiger charge is -2.09. The number of nitrogens with zero attached hydrogens (tertiary/aromatic N) is 2. The minimum atomic E-state index is -0.162. The summed E-state index contributed by atoms with van der Waals surface area (Å²) in [6.45, 7) is 4.47. The average Bonchev–Trinajstić information content (AvgIpc) is 2.32. The van der Waals surface area contributed by atoms with Gasteiger partial charge in [-0.25, -0.2) is 4.79 Å². The van der Waals surface area contributed by atoms with Gasteiger partial charge in [-0.05, 0) is 50.5 Å². The first-order valence-corrected chi connectivity index (χ1v) is 6.46. The van der Waals surface area contributed by atoms with Crippen molar-refractivity contribution < 1.29 is 0 Å². The van der Waals surface area contributed by atoms with Crippen LogP contribution >= 0.6 is 0 Å². The minimum absolute atomic E-state index is 0.162. The molecule has 1 aromatic carbocycles. The van der Waals surface area contributed by atoms with Crippen LogP contribution in [0.25, 0.3) is 0 Å². The maximum Gasteiger partial charge on any atom is 0.347 e. The molecule has 4 heteroatoms. The van der Waals surface area contributed by atoms with Crippen LogP contribution in [0.5, 0.6) is 0 Å². The van der Waals surface area contributed by atoms with E-state index in [2.05, 4.69) is 11.1 Å². The van der Waals surface area contributed by atoms with Crippen LogP contribution in [0.1, 0.15) is 23.4 Å². The largest absolute Gasteiger partial charge is 0.399 e. The van der Waals surface area contributed by atoms with Crippen LogP contribution in [0.3, 0.4) is 0 Å². The molecule has 0 aliphatic rings. The highest BCUT2D eigenvalue weighted by molar-refractivity contribution is 5.40. The second-order valence-corrected chi connectivity index (χ2v) is 4.82. The molecule has 100 valence electrons. The smallest absolute Gasteiger partial charge is 0.347 e. The predicted molar refractivity (Wildman–Crippen MR) is 77.1 cm³/mol. The van der Waals surface area contributed by atoms with E-state index < -0.39 is 0 Å². The molecule has 0 atom stereocenters. The molecule has 1 aromatic heterocycles. The highest BCUT2D eigenvalue weighted by Crippen LogP contribution is 2.09. The predicted octanol–water partition coefficient (Wildman–Crippen LogP) is 2.08. The fraction of sp³-hybridized carbons (Fsp3) is 0.333. The molecule has 2 aromatic rings. The first-order valence-electron chi connectivity index (χ1n) is 6.46. The third-order valence-electron chi connectivity index (χ3n) is 3.14. The van der Waals surface area contributed by atoms with Gasteiger partial charge in [0.2, 0.25) is 0 Å². The molecular weight excluding hydrogens is 238 g/mol. The van der Waals surface area contributed by atoms with Crippen LogP contribution < -0.4 is 11.4 Å². The Kier molecular flexibility index (Phi) is 4.00. The van der Waals surface area contributed by atoms with Gasteiger partial charge in [-0.3, -0.25) is 4.57 Å². The lowest BCUT2D eigenvalue weighted by molar-refractivity contribution is 0.589. The second-order valence-electron chi connectivity index (χ2n) is 4.82. The van der Waals surface area contributed by atoms with E-state index in [-0.39, 0.29) is 5.69 Å².